The first-order valence-electron chi connectivity index (χ1n) is 9.94. The number of carbonyl (C=O) groups is 2. The van der Waals surface area contributed by atoms with Crippen LogP contribution in [0.25, 0.3) is 0 Å². The van der Waals surface area contributed by atoms with Crippen molar-refractivity contribution in [1.29, 1.82) is 0 Å². The molecule has 0 saturated heterocycles. The number of carbonyl (C=O) groups excluding carboxylic acids is 2. The molecule has 0 spiro atoms. The number of anilines is 2. The Bertz CT molecular complexity index is 1040. The van der Waals surface area contributed by atoms with Gasteiger partial charge in [0, 0.05) is 28.5 Å². The van der Waals surface area contributed by atoms with Crippen molar-refractivity contribution in [2.75, 3.05) is 30.9 Å². The quantitative estimate of drug-likeness (QED) is 0.430. The largest absolute Gasteiger partial charge is 0.497 e. The van der Waals surface area contributed by atoms with E-state index in [1.807, 2.05) is 18.2 Å². The van der Waals surface area contributed by atoms with Crippen molar-refractivity contribution in [3.63, 3.8) is 0 Å². The van der Waals surface area contributed by atoms with Gasteiger partial charge in [-0.1, -0.05) is 29.8 Å². The first-order chi connectivity index (χ1) is 15.5. The molecular formula is C24H24ClN3O4. The summed E-state index contributed by atoms with van der Waals surface area (Å²) in [5.74, 6) is 0.839. The van der Waals surface area contributed by atoms with E-state index in [0.717, 1.165) is 11.3 Å². The molecular weight excluding hydrogens is 430 g/mol. The van der Waals surface area contributed by atoms with Gasteiger partial charge in [-0.15, -0.1) is 0 Å². The molecule has 0 saturated carbocycles. The Kier molecular flexibility index (Phi) is 8.48. The number of amides is 2. The Morgan fingerprint density at radius 3 is 2.16 bits per heavy atom. The van der Waals surface area contributed by atoms with E-state index < -0.39 is 0 Å². The molecule has 3 aromatic carbocycles. The molecule has 0 fully saturated rings. The third kappa shape index (κ3) is 7.30. The zero-order valence-corrected chi connectivity index (χ0v) is 18.3. The van der Waals surface area contributed by atoms with Crippen molar-refractivity contribution in [1.82, 2.24) is 5.32 Å². The van der Waals surface area contributed by atoms with Crippen LogP contribution in [-0.2, 0) is 16.1 Å². The molecule has 0 aromatic heterocycles. The van der Waals surface area contributed by atoms with Gasteiger partial charge in [0.1, 0.15) is 11.5 Å². The number of rotatable bonds is 10. The third-order valence-corrected chi connectivity index (χ3v) is 4.69. The Labute approximate surface area is 191 Å². The minimum Gasteiger partial charge on any atom is -0.497 e. The lowest BCUT2D eigenvalue weighted by atomic mass is 10.2. The minimum atomic E-state index is -0.283. The van der Waals surface area contributed by atoms with E-state index in [0.29, 0.717) is 28.7 Å². The number of hydrogen-bond acceptors (Lipinski definition) is 5. The average Bonchev–Trinajstić information content (AvgIpc) is 2.80. The van der Waals surface area contributed by atoms with Crippen molar-refractivity contribution < 1.29 is 19.1 Å². The molecule has 3 rings (SSSR count). The summed E-state index contributed by atoms with van der Waals surface area (Å²) >= 11 is 5.85. The highest BCUT2D eigenvalue weighted by atomic mass is 35.5. The second-order valence-electron chi connectivity index (χ2n) is 6.83. The fourth-order valence-electron chi connectivity index (χ4n) is 2.85. The standard InChI is InChI=1S/C24H24ClN3O4/c1-31-21-12-10-20(11-13-21)27-23(29)15-26-14-17-4-2-3-5-22(17)32-16-24(30)28-19-8-6-18(25)7-9-19/h2-13,26H,14-16H2,1H3,(H,27,29)(H,28,30). The fourth-order valence-corrected chi connectivity index (χ4v) is 2.98. The third-order valence-electron chi connectivity index (χ3n) is 4.43. The highest BCUT2D eigenvalue weighted by molar-refractivity contribution is 6.30. The number of nitrogens with one attached hydrogen (secondary N) is 3. The van der Waals surface area contributed by atoms with Crippen LogP contribution in [0.15, 0.2) is 72.8 Å². The molecule has 0 aliphatic rings. The lowest BCUT2D eigenvalue weighted by Crippen LogP contribution is -2.28. The summed E-state index contributed by atoms with van der Waals surface area (Å²) in [6.07, 6.45) is 0. The highest BCUT2D eigenvalue weighted by Crippen LogP contribution is 2.18. The average molecular weight is 454 g/mol. The number of methoxy groups -OCH3 is 1. The van der Waals surface area contributed by atoms with Gasteiger partial charge in [0.15, 0.2) is 6.61 Å². The van der Waals surface area contributed by atoms with E-state index >= 15 is 0 Å². The van der Waals surface area contributed by atoms with Crippen LogP contribution in [0.5, 0.6) is 11.5 Å². The molecule has 3 N–H and O–H groups in total. The van der Waals surface area contributed by atoms with Crippen molar-refractivity contribution in [2.45, 2.75) is 6.54 Å². The summed E-state index contributed by atoms with van der Waals surface area (Å²) < 4.78 is 10.8. The van der Waals surface area contributed by atoms with Gasteiger partial charge in [0.2, 0.25) is 5.91 Å². The van der Waals surface area contributed by atoms with E-state index in [2.05, 4.69) is 16.0 Å². The molecule has 0 unspecified atom stereocenters. The maximum Gasteiger partial charge on any atom is 0.262 e. The van der Waals surface area contributed by atoms with Crippen LogP contribution in [0.3, 0.4) is 0 Å². The monoisotopic (exact) mass is 453 g/mol. The zero-order chi connectivity index (χ0) is 22.8. The SMILES string of the molecule is COc1ccc(NC(=O)CNCc2ccccc2OCC(=O)Nc2ccc(Cl)cc2)cc1. The summed E-state index contributed by atoms with van der Waals surface area (Å²) in [6, 6.07) is 21.3. The van der Waals surface area contributed by atoms with Gasteiger partial charge in [-0.25, -0.2) is 0 Å². The summed E-state index contributed by atoms with van der Waals surface area (Å²) in [4.78, 5) is 24.3. The number of ether oxygens (including phenoxy) is 2. The Morgan fingerprint density at radius 1 is 0.844 bits per heavy atom. The lowest BCUT2D eigenvalue weighted by molar-refractivity contribution is -0.118. The smallest absolute Gasteiger partial charge is 0.262 e. The maximum atomic E-state index is 12.2. The molecule has 0 heterocycles. The summed E-state index contributed by atoms with van der Waals surface area (Å²) in [7, 11) is 1.59. The molecule has 7 nitrogen and oxygen atoms in total. The summed E-state index contributed by atoms with van der Waals surface area (Å²) in [5.41, 5.74) is 2.16. The first-order valence-corrected chi connectivity index (χ1v) is 10.3. The van der Waals surface area contributed by atoms with Gasteiger partial charge in [-0.3, -0.25) is 9.59 Å². The first kappa shape index (κ1) is 23.1. The van der Waals surface area contributed by atoms with Gasteiger partial charge in [0.05, 0.1) is 13.7 Å². The molecule has 166 valence electrons. The minimum absolute atomic E-state index is 0.122. The number of para-hydroxylation sites is 1. The molecule has 32 heavy (non-hydrogen) atoms. The Hall–Kier alpha value is -3.55. The topological polar surface area (TPSA) is 88.7 Å². The second kappa shape index (κ2) is 11.7. The van der Waals surface area contributed by atoms with Gasteiger partial charge >= 0.3 is 0 Å². The van der Waals surface area contributed by atoms with Crippen molar-refractivity contribution in [3.05, 3.63) is 83.4 Å². The molecule has 8 heteroatoms. The number of hydrogen-bond donors (Lipinski definition) is 3. The van der Waals surface area contributed by atoms with E-state index in [-0.39, 0.29) is 25.0 Å². The summed E-state index contributed by atoms with van der Waals surface area (Å²) in [6.45, 7) is 0.389. The van der Waals surface area contributed by atoms with Crippen LogP contribution in [-0.4, -0.2) is 32.1 Å². The zero-order valence-electron chi connectivity index (χ0n) is 17.6. The van der Waals surface area contributed by atoms with E-state index in [1.54, 1.807) is 61.7 Å². The van der Waals surface area contributed by atoms with Crippen LogP contribution in [0.2, 0.25) is 5.02 Å². The molecule has 0 bridgehead atoms. The molecule has 0 radical (unpaired) electrons. The van der Waals surface area contributed by atoms with Crippen molar-refractivity contribution in [2.24, 2.45) is 0 Å². The molecule has 0 atom stereocenters. The molecule has 3 aromatic rings. The van der Waals surface area contributed by atoms with Gasteiger partial charge < -0.3 is 25.4 Å². The van der Waals surface area contributed by atoms with Crippen LogP contribution in [0.1, 0.15) is 5.56 Å². The van der Waals surface area contributed by atoms with Gasteiger partial charge in [-0.2, -0.15) is 0 Å². The maximum absolute atomic E-state index is 12.2. The van der Waals surface area contributed by atoms with Crippen LogP contribution in [0.4, 0.5) is 11.4 Å². The summed E-state index contributed by atoms with van der Waals surface area (Å²) in [5, 5.41) is 9.24. The molecule has 2 amide bonds. The van der Waals surface area contributed by atoms with Crippen LogP contribution >= 0.6 is 11.6 Å². The Balaban J connectivity index is 1.45. The number of benzene rings is 3. The molecule has 0 aliphatic carbocycles. The van der Waals surface area contributed by atoms with E-state index in [9.17, 15) is 9.59 Å². The fraction of sp³-hybridized carbons (Fsp3) is 0.167. The lowest BCUT2D eigenvalue weighted by Gasteiger charge is -2.12. The highest BCUT2D eigenvalue weighted by Gasteiger charge is 2.08. The Morgan fingerprint density at radius 2 is 1.47 bits per heavy atom. The van der Waals surface area contributed by atoms with Crippen molar-refractivity contribution >= 4 is 34.8 Å². The van der Waals surface area contributed by atoms with Gasteiger partial charge in [-0.05, 0) is 54.6 Å². The predicted octanol–water partition coefficient (Wildman–Crippen LogP) is 4.09. The number of halogens is 1. The van der Waals surface area contributed by atoms with Crippen molar-refractivity contribution in [3.8, 4) is 11.5 Å². The predicted molar refractivity (Wildman–Crippen MR) is 125 cm³/mol. The van der Waals surface area contributed by atoms with E-state index in [1.165, 1.54) is 0 Å². The molecule has 0 aliphatic heterocycles. The van der Waals surface area contributed by atoms with Crippen LogP contribution < -0.4 is 25.4 Å². The van der Waals surface area contributed by atoms with E-state index in [4.69, 9.17) is 21.1 Å². The normalized spacial score (nSPS) is 10.3. The second-order valence-corrected chi connectivity index (χ2v) is 7.27. The van der Waals surface area contributed by atoms with Crippen LogP contribution in [0, 0.1) is 0 Å². The van der Waals surface area contributed by atoms with Gasteiger partial charge in [0.25, 0.3) is 5.91 Å².